The van der Waals surface area contributed by atoms with Crippen LogP contribution in [0.4, 0.5) is 0 Å². The minimum atomic E-state index is -1.74. The van der Waals surface area contributed by atoms with E-state index in [-0.39, 0.29) is 46.5 Å². The third-order valence-electron chi connectivity index (χ3n) is 7.91. The number of phenols is 1. The zero-order chi connectivity index (χ0) is 31.9. The van der Waals surface area contributed by atoms with Crippen LogP contribution in [0, 0.1) is 0 Å². The van der Waals surface area contributed by atoms with Crippen molar-refractivity contribution in [2.75, 3.05) is 20.8 Å². The number of ketones is 1. The first-order chi connectivity index (χ1) is 20.9. The van der Waals surface area contributed by atoms with Crippen LogP contribution in [0.25, 0.3) is 0 Å². The fourth-order valence-corrected chi connectivity index (χ4v) is 5.35. The summed E-state index contributed by atoms with van der Waals surface area (Å²) in [7, 11) is 2.76. The van der Waals surface area contributed by atoms with Crippen LogP contribution in [-0.2, 0) is 14.2 Å². The van der Waals surface area contributed by atoms with E-state index < -0.39 is 74.1 Å². The molecule has 2 saturated heterocycles. The maximum absolute atomic E-state index is 13.1. The van der Waals surface area contributed by atoms with Crippen molar-refractivity contribution in [1.29, 1.82) is 0 Å². The quantitative estimate of drug-likeness (QED) is 0.190. The van der Waals surface area contributed by atoms with Crippen LogP contribution in [-0.4, -0.2) is 124 Å². The molecule has 0 bridgehead atoms. The fraction of sp³-hybridized carbons (Fsp3) is 0.552. The van der Waals surface area contributed by atoms with Gasteiger partial charge in [0.2, 0.25) is 6.29 Å². The number of methoxy groups -OCH3 is 2. The molecule has 0 amide bonds. The normalized spacial score (nSPS) is 35.4. The number of Topliss-reactive ketones (excluding diaryl/α,β-unsaturated/α-hetero) is 1. The van der Waals surface area contributed by atoms with Gasteiger partial charge in [0.25, 0.3) is 0 Å². The summed E-state index contributed by atoms with van der Waals surface area (Å²) in [4.78, 5) is 13.1. The summed E-state index contributed by atoms with van der Waals surface area (Å²) in [5, 5.41) is 72.0. The van der Waals surface area contributed by atoms with E-state index >= 15 is 0 Å². The number of aliphatic hydroxyl groups excluding tert-OH is 6. The van der Waals surface area contributed by atoms with Crippen LogP contribution in [0.1, 0.15) is 35.4 Å². The van der Waals surface area contributed by atoms with Crippen LogP contribution < -0.4 is 18.9 Å². The monoisotopic (exact) mass is 624 g/mol. The fourth-order valence-electron chi connectivity index (χ4n) is 5.35. The highest BCUT2D eigenvalue weighted by molar-refractivity contribution is 6.02. The van der Waals surface area contributed by atoms with Crippen molar-refractivity contribution < 1.29 is 73.7 Å². The molecule has 3 heterocycles. The second-order valence-electron chi connectivity index (χ2n) is 10.8. The lowest BCUT2D eigenvalue weighted by atomic mass is 9.95. The van der Waals surface area contributed by atoms with E-state index in [1.807, 2.05) is 0 Å². The molecule has 2 fully saturated rings. The number of hydrogen-bond acceptors (Lipinski definition) is 15. The molecule has 15 heteroatoms. The van der Waals surface area contributed by atoms with E-state index in [2.05, 4.69) is 0 Å². The second-order valence-corrected chi connectivity index (χ2v) is 10.8. The Morgan fingerprint density at radius 1 is 0.818 bits per heavy atom. The average Bonchev–Trinajstić information content (AvgIpc) is 3.01. The maximum atomic E-state index is 13.1. The number of fused-ring (bicyclic) bond motifs is 1. The minimum Gasteiger partial charge on any atom is -0.504 e. The molecule has 0 saturated carbocycles. The van der Waals surface area contributed by atoms with E-state index in [4.69, 9.17) is 33.2 Å². The van der Waals surface area contributed by atoms with E-state index in [0.29, 0.717) is 5.56 Å². The van der Waals surface area contributed by atoms with E-state index in [9.17, 15) is 40.5 Å². The van der Waals surface area contributed by atoms with Gasteiger partial charge in [-0.05, 0) is 24.6 Å². The van der Waals surface area contributed by atoms with Gasteiger partial charge in [0.15, 0.2) is 23.6 Å². The van der Waals surface area contributed by atoms with E-state index in [1.165, 1.54) is 39.3 Å². The standard InChI is InChI=1S/C29H36O15/c1-11-22(32)24(34)26(36)28(41-11)40-10-20-23(33)25(35)27(37)29(44-20)42-13-7-18(39-3)21-15(31)9-17(43-19(21)8-13)12-4-5-16(38-2)14(30)6-12/h4-8,11,17,20,22-30,32-37H,9-10H2,1-3H3/t11-,17+,20+,22+,23-,24-,25+,26-,27+,28-,29-/m0/s1. The largest absolute Gasteiger partial charge is 0.504 e. The first-order valence-electron chi connectivity index (χ1n) is 13.9. The smallest absolute Gasteiger partial charge is 0.229 e. The van der Waals surface area contributed by atoms with Gasteiger partial charge in [-0.25, -0.2) is 0 Å². The number of aliphatic hydroxyl groups is 6. The van der Waals surface area contributed by atoms with Gasteiger partial charge in [-0.3, -0.25) is 4.79 Å². The minimum absolute atomic E-state index is 0.0240. The Balaban J connectivity index is 1.33. The molecule has 0 radical (unpaired) electrons. The predicted octanol–water partition coefficient (Wildman–Crippen LogP) is -0.854. The molecule has 0 aromatic heterocycles. The molecule has 3 aliphatic heterocycles. The Hall–Kier alpha value is -3.25. The molecule has 7 N–H and O–H groups in total. The van der Waals surface area contributed by atoms with Crippen LogP contribution in [0.15, 0.2) is 30.3 Å². The number of phenolic OH excluding ortho intramolecular Hbond substituents is 1. The third-order valence-corrected chi connectivity index (χ3v) is 7.91. The van der Waals surface area contributed by atoms with Crippen LogP contribution in [0.3, 0.4) is 0 Å². The molecule has 0 unspecified atom stereocenters. The second kappa shape index (κ2) is 13.0. The van der Waals surface area contributed by atoms with Gasteiger partial charge in [0.1, 0.15) is 71.6 Å². The number of aromatic hydroxyl groups is 1. The molecular formula is C29H36O15. The van der Waals surface area contributed by atoms with Crippen molar-refractivity contribution in [3.8, 4) is 28.7 Å². The van der Waals surface area contributed by atoms with Gasteiger partial charge in [0, 0.05) is 12.1 Å². The molecule has 44 heavy (non-hydrogen) atoms. The third kappa shape index (κ3) is 6.15. The Morgan fingerprint density at radius 3 is 2.18 bits per heavy atom. The lowest BCUT2D eigenvalue weighted by Gasteiger charge is -2.42. The van der Waals surface area contributed by atoms with Gasteiger partial charge >= 0.3 is 0 Å². The van der Waals surface area contributed by atoms with E-state index in [1.54, 1.807) is 12.1 Å². The zero-order valence-corrected chi connectivity index (χ0v) is 24.0. The highest BCUT2D eigenvalue weighted by Crippen LogP contribution is 2.44. The van der Waals surface area contributed by atoms with Crippen LogP contribution in [0.2, 0.25) is 0 Å². The van der Waals surface area contributed by atoms with Crippen LogP contribution in [0.5, 0.6) is 28.7 Å². The molecule has 15 nitrogen and oxygen atoms in total. The first kappa shape index (κ1) is 32.2. The highest BCUT2D eigenvalue weighted by atomic mass is 16.7. The van der Waals surface area contributed by atoms with Gasteiger partial charge in [-0.1, -0.05) is 6.07 Å². The molecule has 2 aromatic rings. The van der Waals surface area contributed by atoms with Crippen molar-refractivity contribution in [3.05, 3.63) is 41.5 Å². The number of ether oxygens (including phenoxy) is 7. The molecular weight excluding hydrogens is 588 g/mol. The zero-order valence-electron chi connectivity index (χ0n) is 24.0. The van der Waals surface area contributed by atoms with Gasteiger partial charge in [-0.15, -0.1) is 0 Å². The molecule has 11 atom stereocenters. The average molecular weight is 625 g/mol. The number of rotatable bonds is 8. The molecule has 0 spiro atoms. The summed E-state index contributed by atoms with van der Waals surface area (Å²) in [6.45, 7) is 1.00. The molecule has 3 aliphatic rings. The van der Waals surface area contributed by atoms with E-state index in [0.717, 1.165) is 0 Å². The summed E-state index contributed by atoms with van der Waals surface area (Å²) in [6.07, 6.45) is -15.5. The maximum Gasteiger partial charge on any atom is 0.229 e. The Bertz CT molecular complexity index is 1340. The topological polar surface area (TPSA) is 223 Å². The van der Waals surface area contributed by atoms with Crippen molar-refractivity contribution in [2.45, 2.75) is 80.9 Å². The SMILES string of the molecule is COc1ccc([C@H]2CC(=O)c3c(OC)cc(O[C@H]4O[C@H](CO[C@H]5O[C@@H](C)[C@@H](O)[C@H](O)[C@@H]5O)[C@H](O)[C@@H](O)[C@H]4O)cc3O2)cc1O. The number of benzene rings is 2. The Morgan fingerprint density at radius 2 is 1.50 bits per heavy atom. The summed E-state index contributed by atoms with van der Waals surface area (Å²) >= 11 is 0. The molecule has 0 aliphatic carbocycles. The summed E-state index contributed by atoms with van der Waals surface area (Å²) in [5.74, 6) is 0.0679. The number of carbonyl (C=O) groups is 1. The van der Waals surface area contributed by atoms with Crippen molar-refractivity contribution in [2.24, 2.45) is 0 Å². The summed E-state index contributed by atoms with van der Waals surface area (Å²) in [6, 6.07) is 7.38. The lowest BCUT2D eigenvalue weighted by molar-refractivity contribution is -0.318. The van der Waals surface area contributed by atoms with Crippen molar-refractivity contribution in [3.63, 3.8) is 0 Å². The summed E-state index contributed by atoms with van der Waals surface area (Å²) < 4.78 is 39.0. The molecule has 242 valence electrons. The van der Waals surface area contributed by atoms with Crippen molar-refractivity contribution >= 4 is 5.78 Å². The van der Waals surface area contributed by atoms with Crippen LogP contribution >= 0.6 is 0 Å². The summed E-state index contributed by atoms with van der Waals surface area (Å²) in [5.41, 5.74) is 0.676. The van der Waals surface area contributed by atoms with Gasteiger partial charge in [0.05, 0.1) is 33.4 Å². The highest BCUT2D eigenvalue weighted by Gasteiger charge is 2.47. The van der Waals surface area contributed by atoms with Gasteiger partial charge < -0.3 is 68.9 Å². The first-order valence-corrected chi connectivity index (χ1v) is 13.9. The van der Waals surface area contributed by atoms with Crippen molar-refractivity contribution in [1.82, 2.24) is 0 Å². The Labute approximate surface area is 251 Å². The number of carbonyl (C=O) groups excluding carboxylic acids is 1. The Kier molecular flexibility index (Phi) is 9.50. The lowest BCUT2D eigenvalue weighted by Crippen LogP contribution is -2.61. The number of hydrogen-bond donors (Lipinski definition) is 7. The predicted molar refractivity (Wildman–Crippen MR) is 146 cm³/mol. The van der Waals surface area contributed by atoms with Gasteiger partial charge in [-0.2, -0.15) is 0 Å². The molecule has 5 rings (SSSR count). The molecule has 2 aromatic carbocycles.